The molecule has 0 radical (unpaired) electrons. The number of allylic oxidation sites excluding steroid dienone is 6. The molecule has 0 fully saturated rings. The molecule has 2 nitrogen and oxygen atoms in total. The molecule has 74 valence electrons. The number of hydrogen-bond acceptors (Lipinski definition) is 2. The summed E-state index contributed by atoms with van der Waals surface area (Å²) in [7, 11) is 0. The van der Waals surface area contributed by atoms with Gasteiger partial charge in [0.25, 0.3) is 0 Å². The van der Waals surface area contributed by atoms with E-state index >= 15 is 0 Å². The van der Waals surface area contributed by atoms with Gasteiger partial charge in [-0.05, 0) is 37.1 Å². The molecule has 15 heavy (non-hydrogen) atoms. The standard InChI is InChI=1S/C13H12N2/c1-2-7-13-8-4-10-15-12(13)6-3-9-14-11(13)5-1/h1,3-6,8-10H,2,7H2. The Morgan fingerprint density at radius 2 is 2.27 bits per heavy atom. The van der Waals surface area contributed by atoms with Crippen LogP contribution in [0.2, 0.25) is 0 Å². The molecule has 0 amide bonds. The van der Waals surface area contributed by atoms with Crippen molar-refractivity contribution in [1.82, 2.24) is 0 Å². The third-order valence-corrected chi connectivity index (χ3v) is 3.13. The highest BCUT2D eigenvalue weighted by molar-refractivity contribution is 6.05. The molecule has 0 aromatic heterocycles. The topological polar surface area (TPSA) is 24.7 Å². The van der Waals surface area contributed by atoms with E-state index in [-0.39, 0.29) is 5.41 Å². The molecule has 0 bridgehead atoms. The van der Waals surface area contributed by atoms with Crippen molar-refractivity contribution >= 4 is 11.9 Å². The molecule has 1 unspecified atom stereocenters. The molecule has 2 aliphatic heterocycles. The van der Waals surface area contributed by atoms with Crippen LogP contribution in [0.4, 0.5) is 0 Å². The van der Waals surface area contributed by atoms with Gasteiger partial charge in [0.15, 0.2) is 0 Å². The summed E-state index contributed by atoms with van der Waals surface area (Å²) in [5.41, 5.74) is 2.16. The van der Waals surface area contributed by atoms with Gasteiger partial charge in [0.05, 0.1) is 16.8 Å². The zero-order valence-electron chi connectivity index (χ0n) is 8.43. The lowest BCUT2D eigenvalue weighted by atomic mass is 9.72. The highest BCUT2D eigenvalue weighted by atomic mass is 14.8. The molecular weight excluding hydrogens is 184 g/mol. The first-order chi connectivity index (χ1) is 7.42. The molecule has 3 rings (SSSR count). The maximum atomic E-state index is 4.49. The number of aliphatic imine (C=N–C) groups is 2. The van der Waals surface area contributed by atoms with Crippen molar-refractivity contribution in [1.29, 1.82) is 0 Å². The largest absolute Gasteiger partial charge is 0.260 e. The van der Waals surface area contributed by atoms with Crippen LogP contribution in [0.15, 0.2) is 58.3 Å². The van der Waals surface area contributed by atoms with Crippen LogP contribution in [0.1, 0.15) is 12.8 Å². The Bertz CT molecular complexity index is 461. The molecular formula is C13H12N2. The Balaban J connectivity index is 2.22. The molecule has 1 aliphatic carbocycles. The van der Waals surface area contributed by atoms with Crippen LogP contribution in [-0.4, -0.2) is 11.9 Å². The lowest BCUT2D eigenvalue weighted by Crippen LogP contribution is -2.32. The van der Waals surface area contributed by atoms with Crippen molar-refractivity contribution in [2.24, 2.45) is 15.4 Å². The molecule has 3 aliphatic rings. The van der Waals surface area contributed by atoms with E-state index in [1.165, 1.54) is 0 Å². The third kappa shape index (κ3) is 1.18. The Kier molecular flexibility index (Phi) is 1.81. The Labute approximate surface area is 89.1 Å². The van der Waals surface area contributed by atoms with Crippen molar-refractivity contribution in [3.63, 3.8) is 0 Å². The zero-order chi connectivity index (χ0) is 10.1. The second-order valence-electron chi connectivity index (χ2n) is 3.96. The van der Waals surface area contributed by atoms with Crippen molar-refractivity contribution in [3.05, 3.63) is 48.4 Å². The normalized spacial score (nSPS) is 31.5. The van der Waals surface area contributed by atoms with E-state index < -0.39 is 0 Å². The Morgan fingerprint density at radius 1 is 1.27 bits per heavy atom. The average molecular weight is 196 g/mol. The number of hydrogen-bond donors (Lipinski definition) is 0. The van der Waals surface area contributed by atoms with E-state index in [1.807, 2.05) is 24.6 Å². The van der Waals surface area contributed by atoms with Crippen molar-refractivity contribution in [3.8, 4) is 0 Å². The molecule has 0 aromatic carbocycles. The first kappa shape index (κ1) is 8.60. The molecule has 0 saturated heterocycles. The number of rotatable bonds is 0. The summed E-state index contributed by atoms with van der Waals surface area (Å²) in [5.74, 6) is 0. The molecule has 2 heterocycles. The average Bonchev–Trinajstić information content (AvgIpc) is 2.47. The van der Waals surface area contributed by atoms with Crippen molar-refractivity contribution in [2.75, 3.05) is 0 Å². The van der Waals surface area contributed by atoms with Gasteiger partial charge in [-0.3, -0.25) is 9.98 Å². The van der Waals surface area contributed by atoms with Crippen LogP contribution in [0.25, 0.3) is 0 Å². The minimum atomic E-state index is -0.0625. The minimum absolute atomic E-state index is 0.0625. The van der Waals surface area contributed by atoms with Crippen LogP contribution in [0, 0.1) is 5.41 Å². The Morgan fingerprint density at radius 3 is 3.27 bits per heavy atom. The van der Waals surface area contributed by atoms with Gasteiger partial charge in [-0.1, -0.05) is 12.2 Å². The van der Waals surface area contributed by atoms with Crippen LogP contribution in [0.3, 0.4) is 0 Å². The number of nitrogens with zero attached hydrogens (tertiary/aromatic N) is 2. The van der Waals surface area contributed by atoms with E-state index in [0.717, 1.165) is 24.3 Å². The molecule has 1 atom stereocenters. The van der Waals surface area contributed by atoms with Gasteiger partial charge < -0.3 is 0 Å². The summed E-state index contributed by atoms with van der Waals surface area (Å²) in [5, 5.41) is 0. The maximum absolute atomic E-state index is 4.49. The lowest BCUT2D eigenvalue weighted by Gasteiger charge is -2.34. The zero-order valence-corrected chi connectivity index (χ0v) is 8.43. The highest BCUT2D eigenvalue weighted by Gasteiger charge is 2.38. The van der Waals surface area contributed by atoms with E-state index in [2.05, 4.69) is 34.3 Å². The lowest BCUT2D eigenvalue weighted by molar-refractivity contribution is 0.560. The highest BCUT2D eigenvalue weighted by Crippen LogP contribution is 2.42. The van der Waals surface area contributed by atoms with Crippen LogP contribution < -0.4 is 0 Å². The van der Waals surface area contributed by atoms with Gasteiger partial charge in [0, 0.05) is 12.4 Å². The van der Waals surface area contributed by atoms with Gasteiger partial charge in [-0.25, -0.2) is 0 Å². The van der Waals surface area contributed by atoms with Gasteiger partial charge in [-0.2, -0.15) is 0 Å². The first-order valence-electron chi connectivity index (χ1n) is 5.26. The summed E-state index contributed by atoms with van der Waals surface area (Å²) in [6, 6.07) is 0. The summed E-state index contributed by atoms with van der Waals surface area (Å²) >= 11 is 0. The fourth-order valence-electron chi connectivity index (χ4n) is 2.35. The fourth-order valence-corrected chi connectivity index (χ4v) is 2.35. The molecule has 0 saturated carbocycles. The van der Waals surface area contributed by atoms with Gasteiger partial charge in [-0.15, -0.1) is 0 Å². The van der Waals surface area contributed by atoms with E-state index in [1.54, 1.807) is 0 Å². The minimum Gasteiger partial charge on any atom is -0.260 e. The second-order valence-corrected chi connectivity index (χ2v) is 3.96. The monoisotopic (exact) mass is 196 g/mol. The van der Waals surface area contributed by atoms with E-state index in [4.69, 9.17) is 0 Å². The quantitative estimate of drug-likeness (QED) is 0.569. The summed E-state index contributed by atoms with van der Waals surface area (Å²) in [6.07, 6.45) is 18.5. The van der Waals surface area contributed by atoms with Gasteiger partial charge >= 0.3 is 0 Å². The van der Waals surface area contributed by atoms with Gasteiger partial charge in [0.2, 0.25) is 0 Å². The molecule has 0 aromatic rings. The maximum Gasteiger partial charge on any atom is 0.0733 e. The third-order valence-electron chi connectivity index (χ3n) is 3.13. The predicted molar refractivity (Wildman–Crippen MR) is 63.1 cm³/mol. The van der Waals surface area contributed by atoms with E-state index in [0.29, 0.717) is 0 Å². The Hall–Kier alpha value is -1.70. The smallest absolute Gasteiger partial charge is 0.0733 e. The summed E-state index contributed by atoms with van der Waals surface area (Å²) in [4.78, 5) is 8.96. The SMILES string of the molecule is C1=CN=C2C=CCCC23C=CC=NC3=C1. The summed E-state index contributed by atoms with van der Waals surface area (Å²) < 4.78 is 0. The second kappa shape index (κ2) is 3.16. The fraction of sp³-hybridized carbons (Fsp3) is 0.231. The molecule has 1 spiro atoms. The van der Waals surface area contributed by atoms with Crippen molar-refractivity contribution < 1.29 is 0 Å². The van der Waals surface area contributed by atoms with Gasteiger partial charge in [0.1, 0.15) is 0 Å². The number of dihydropyridines is 1. The van der Waals surface area contributed by atoms with Crippen LogP contribution >= 0.6 is 0 Å². The summed E-state index contributed by atoms with van der Waals surface area (Å²) in [6.45, 7) is 0. The van der Waals surface area contributed by atoms with Crippen molar-refractivity contribution in [2.45, 2.75) is 12.8 Å². The first-order valence-corrected chi connectivity index (χ1v) is 5.26. The van der Waals surface area contributed by atoms with Crippen LogP contribution in [0.5, 0.6) is 0 Å². The van der Waals surface area contributed by atoms with E-state index in [9.17, 15) is 0 Å². The molecule has 2 heteroatoms. The van der Waals surface area contributed by atoms with Crippen LogP contribution in [-0.2, 0) is 0 Å². The predicted octanol–water partition coefficient (Wildman–Crippen LogP) is 2.82. The molecule has 0 N–H and O–H groups in total.